The fourth-order valence-corrected chi connectivity index (χ4v) is 0.118. The second kappa shape index (κ2) is 2.78. The number of terminal acetylenes is 1. The topological polar surface area (TPSA) is 0 Å². The van der Waals surface area contributed by atoms with Crippen molar-refractivity contribution in [2.45, 2.75) is 20.3 Å². The Morgan fingerprint density at radius 1 is 1.83 bits per heavy atom. The van der Waals surface area contributed by atoms with Gasteiger partial charge in [0.15, 0.2) is 0 Å². The van der Waals surface area contributed by atoms with E-state index in [1.54, 1.807) is 0 Å². The molecule has 0 nitrogen and oxygen atoms in total. The Hall–Kier alpha value is -0.440. The van der Waals surface area contributed by atoms with E-state index in [1.165, 1.54) is 0 Å². The van der Waals surface area contributed by atoms with Gasteiger partial charge in [0.2, 0.25) is 0 Å². The molecular formula is C6H10. The van der Waals surface area contributed by atoms with Crippen LogP contribution in [0.4, 0.5) is 0 Å². The molecule has 0 N–H and O–H groups in total. The first-order chi connectivity index (χ1) is 2.81. The van der Waals surface area contributed by atoms with Crippen LogP contribution in [0.15, 0.2) is 0 Å². The lowest BCUT2D eigenvalue weighted by atomic mass is 10.1. The summed E-state index contributed by atoms with van der Waals surface area (Å²) in [5, 5.41) is 0. The molecule has 0 heteroatoms. The zero-order valence-corrected chi connectivity index (χ0v) is 4.36. The maximum absolute atomic E-state index is 5.03. The van der Waals surface area contributed by atoms with E-state index in [0.717, 1.165) is 6.42 Å². The molecule has 0 rings (SSSR count). The number of rotatable bonds is 1. The zero-order valence-electron chi connectivity index (χ0n) is 4.36. The SMILES string of the molecule is C#C[C@@H](C)CC. The lowest BCUT2D eigenvalue weighted by Crippen LogP contribution is -1.81. The van der Waals surface area contributed by atoms with Crippen LogP contribution in [0.2, 0.25) is 0 Å². The van der Waals surface area contributed by atoms with Crippen LogP contribution < -0.4 is 0 Å². The highest BCUT2D eigenvalue weighted by molar-refractivity contribution is 4.88. The summed E-state index contributed by atoms with van der Waals surface area (Å²) >= 11 is 0. The quantitative estimate of drug-likeness (QED) is 0.422. The summed E-state index contributed by atoms with van der Waals surface area (Å²) in [6.45, 7) is 4.13. The van der Waals surface area contributed by atoms with Crippen molar-refractivity contribution in [1.29, 1.82) is 0 Å². The fraction of sp³-hybridized carbons (Fsp3) is 0.667. The molecule has 0 saturated carbocycles. The average molecular weight is 82.1 g/mol. The maximum atomic E-state index is 5.03. The molecule has 0 unspecified atom stereocenters. The molecule has 0 aliphatic rings. The van der Waals surface area contributed by atoms with Crippen molar-refractivity contribution in [2.24, 2.45) is 5.92 Å². The third-order valence-corrected chi connectivity index (χ3v) is 0.897. The van der Waals surface area contributed by atoms with Crippen molar-refractivity contribution >= 4 is 0 Å². The van der Waals surface area contributed by atoms with Crippen molar-refractivity contribution in [3.8, 4) is 12.3 Å². The normalized spacial score (nSPS) is 12.8. The third-order valence-electron chi connectivity index (χ3n) is 0.897. The molecule has 0 aromatic carbocycles. The maximum Gasteiger partial charge on any atom is 0.0169 e. The van der Waals surface area contributed by atoms with E-state index in [1.807, 2.05) is 6.92 Å². The van der Waals surface area contributed by atoms with Gasteiger partial charge in [-0.1, -0.05) is 13.8 Å². The summed E-state index contributed by atoms with van der Waals surface area (Å²) in [5.41, 5.74) is 0. The Morgan fingerprint density at radius 3 is 2.33 bits per heavy atom. The standard InChI is InChI=1S/C6H10/c1-4-6(3)5-2/h1,6H,5H2,2-3H3/t6-/m1/s1. The minimum absolute atomic E-state index is 0.463. The summed E-state index contributed by atoms with van der Waals surface area (Å²) < 4.78 is 0. The van der Waals surface area contributed by atoms with Gasteiger partial charge in [-0.15, -0.1) is 12.3 Å². The van der Waals surface area contributed by atoms with Crippen molar-refractivity contribution in [3.63, 3.8) is 0 Å². The first-order valence-electron chi connectivity index (χ1n) is 2.27. The first-order valence-corrected chi connectivity index (χ1v) is 2.27. The van der Waals surface area contributed by atoms with Gasteiger partial charge in [-0.3, -0.25) is 0 Å². The molecule has 0 aromatic heterocycles. The van der Waals surface area contributed by atoms with Crippen molar-refractivity contribution in [3.05, 3.63) is 0 Å². The highest BCUT2D eigenvalue weighted by atomic mass is 13.9. The van der Waals surface area contributed by atoms with E-state index in [-0.39, 0.29) is 0 Å². The third kappa shape index (κ3) is 1.84. The first kappa shape index (κ1) is 5.56. The summed E-state index contributed by atoms with van der Waals surface area (Å²) in [6.07, 6.45) is 6.13. The van der Waals surface area contributed by atoms with Gasteiger partial charge in [0.1, 0.15) is 0 Å². The minimum Gasteiger partial charge on any atom is -0.120 e. The van der Waals surface area contributed by atoms with Gasteiger partial charge in [-0.2, -0.15) is 0 Å². The molecule has 0 spiro atoms. The molecule has 0 saturated heterocycles. The predicted octanol–water partition coefficient (Wildman–Crippen LogP) is 1.67. The van der Waals surface area contributed by atoms with Crippen molar-refractivity contribution in [1.82, 2.24) is 0 Å². The highest BCUT2D eigenvalue weighted by Crippen LogP contribution is 1.94. The Labute approximate surface area is 39.6 Å². The van der Waals surface area contributed by atoms with E-state index < -0.39 is 0 Å². The summed E-state index contributed by atoms with van der Waals surface area (Å²) in [6, 6.07) is 0. The van der Waals surface area contributed by atoms with Gasteiger partial charge in [0, 0.05) is 5.92 Å². The summed E-state index contributed by atoms with van der Waals surface area (Å²) in [4.78, 5) is 0. The van der Waals surface area contributed by atoms with Crippen LogP contribution in [-0.4, -0.2) is 0 Å². The van der Waals surface area contributed by atoms with Crippen LogP contribution in [0.5, 0.6) is 0 Å². The molecule has 0 heterocycles. The average Bonchev–Trinajstić information content (AvgIpc) is 1.65. The van der Waals surface area contributed by atoms with Gasteiger partial charge in [0.25, 0.3) is 0 Å². The van der Waals surface area contributed by atoms with Gasteiger partial charge < -0.3 is 0 Å². The van der Waals surface area contributed by atoms with E-state index >= 15 is 0 Å². The van der Waals surface area contributed by atoms with E-state index in [2.05, 4.69) is 12.8 Å². The number of hydrogen-bond donors (Lipinski definition) is 0. The van der Waals surface area contributed by atoms with Crippen LogP contribution in [0.25, 0.3) is 0 Å². The lowest BCUT2D eigenvalue weighted by molar-refractivity contribution is 0.724. The largest absolute Gasteiger partial charge is 0.120 e. The molecule has 0 aliphatic heterocycles. The summed E-state index contributed by atoms with van der Waals surface area (Å²) in [5.74, 6) is 3.08. The molecular weight excluding hydrogens is 72.1 g/mol. The van der Waals surface area contributed by atoms with Gasteiger partial charge in [-0.25, -0.2) is 0 Å². The van der Waals surface area contributed by atoms with E-state index in [4.69, 9.17) is 6.42 Å². The van der Waals surface area contributed by atoms with Crippen LogP contribution in [0.3, 0.4) is 0 Å². The monoisotopic (exact) mass is 82.1 g/mol. The summed E-state index contributed by atoms with van der Waals surface area (Å²) in [7, 11) is 0. The smallest absolute Gasteiger partial charge is 0.0169 e. The van der Waals surface area contributed by atoms with Crippen molar-refractivity contribution < 1.29 is 0 Å². The Balaban J connectivity index is 3.04. The second-order valence-corrected chi connectivity index (χ2v) is 1.48. The predicted molar refractivity (Wildman–Crippen MR) is 28.3 cm³/mol. The van der Waals surface area contributed by atoms with Crippen LogP contribution >= 0.6 is 0 Å². The molecule has 6 heavy (non-hydrogen) atoms. The Morgan fingerprint density at radius 2 is 2.33 bits per heavy atom. The van der Waals surface area contributed by atoms with E-state index in [0.29, 0.717) is 5.92 Å². The molecule has 0 fully saturated rings. The molecule has 0 bridgehead atoms. The molecule has 0 aliphatic carbocycles. The molecule has 0 amide bonds. The lowest BCUT2D eigenvalue weighted by Gasteiger charge is -1.90. The number of hydrogen-bond acceptors (Lipinski definition) is 0. The Bertz CT molecular complexity index is 56.9. The highest BCUT2D eigenvalue weighted by Gasteiger charge is 1.84. The van der Waals surface area contributed by atoms with Crippen LogP contribution in [0, 0.1) is 18.3 Å². The van der Waals surface area contributed by atoms with E-state index in [9.17, 15) is 0 Å². The molecule has 0 aromatic rings. The fourth-order valence-electron chi connectivity index (χ4n) is 0.118. The van der Waals surface area contributed by atoms with Gasteiger partial charge in [0.05, 0.1) is 0 Å². The van der Waals surface area contributed by atoms with Crippen LogP contribution in [0.1, 0.15) is 20.3 Å². The minimum atomic E-state index is 0.463. The van der Waals surface area contributed by atoms with Crippen LogP contribution in [-0.2, 0) is 0 Å². The Kier molecular flexibility index (Phi) is 2.58. The van der Waals surface area contributed by atoms with Crippen molar-refractivity contribution in [2.75, 3.05) is 0 Å². The van der Waals surface area contributed by atoms with Gasteiger partial charge >= 0.3 is 0 Å². The zero-order chi connectivity index (χ0) is 4.99. The van der Waals surface area contributed by atoms with Gasteiger partial charge in [-0.05, 0) is 6.42 Å². The molecule has 1 atom stereocenters. The second-order valence-electron chi connectivity index (χ2n) is 1.48. The molecule has 34 valence electrons. The molecule has 0 radical (unpaired) electrons.